The molecule has 3 aromatic rings. The second-order valence-corrected chi connectivity index (χ2v) is 4.79. The molecule has 0 aliphatic heterocycles. The smallest absolute Gasteiger partial charge is 0.432 e. The fourth-order valence-corrected chi connectivity index (χ4v) is 2.03. The molecule has 0 saturated carbocycles. The van der Waals surface area contributed by atoms with Crippen LogP contribution in [0, 0.1) is 0 Å². The van der Waals surface area contributed by atoms with Crippen LogP contribution in [0.3, 0.4) is 0 Å². The molecule has 0 spiro atoms. The van der Waals surface area contributed by atoms with Crippen LogP contribution in [-0.2, 0) is 0 Å². The Morgan fingerprint density at radius 3 is 2.44 bits per heavy atom. The number of carbonyl (C=O) groups is 1. The second-order valence-electron chi connectivity index (χ2n) is 4.79. The number of nitrogens with zero attached hydrogens (tertiary/aromatic N) is 2. The van der Waals surface area contributed by atoms with E-state index in [1.807, 2.05) is 0 Å². The van der Waals surface area contributed by atoms with Gasteiger partial charge in [-0.2, -0.15) is 0 Å². The minimum Gasteiger partial charge on any atom is -0.432 e. The first-order valence-electron chi connectivity index (χ1n) is 6.94. The maximum Gasteiger partial charge on any atom is 0.573 e. The molecule has 0 bridgehead atoms. The van der Waals surface area contributed by atoms with E-state index in [9.17, 15) is 18.0 Å². The van der Waals surface area contributed by atoms with Crippen LogP contribution in [0.4, 0.5) is 19.2 Å². The standard InChI is InChI=1S/C16H10F3N3O3/c17-16(18,19)25-12-3-1-10(2-4-12)11-5-6-20-13(9-11)14(23)22-15-21-7-8-24-15/h1-9H,(H,21,22,23). The number of carbonyl (C=O) groups excluding carboxylic acids is 1. The number of anilines is 1. The average Bonchev–Trinajstić information content (AvgIpc) is 3.07. The van der Waals surface area contributed by atoms with E-state index in [1.54, 1.807) is 6.07 Å². The number of rotatable bonds is 4. The number of alkyl halides is 3. The predicted octanol–water partition coefficient (Wildman–Crippen LogP) is 3.89. The van der Waals surface area contributed by atoms with Gasteiger partial charge in [0.25, 0.3) is 5.91 Å². The van der Waals surface area contributed by atoms with Crippen molar-refractivity contribution in [1.29, 1.82) is 0 Å². The molecule has 2 aromatic heterocycles. The maximum absolute atomic E-state index is 12.2. The normalized spacial score (nSPS) is 11.2. The van der Waals surface area contributed by atoms with Crippen LogP contribution in [0.1, 0.15) is 10.5 Å². The van der Waals surface area contributed by atoms with Crippen molar-refractivity contribution in [3.63, 3.8) is 0 Å². The minimum absolute atomic E-state index is 0.0332. The quantitative estimate of drug-likeness (QED) is 0.773. The van der Waals surface area contributed by atoms with Gasteiger partial charge in [-0.1, -0.05) is 12.1 Å². The number of benzene rings is 1. The highest BCUT2D eigenvalue weighted by molar-refractivity contribution is 6.02. The maximum atomic E-state index is 12.2. The fraction of sp³-hybridized carbons (Fsp3) is 0.0625. The van der Waals surface area contributed by atoms with Crippen molar-refractivity contribution >= 4 is 11.9 Å². The Bertz CT molecular complexity index is 862. The summed E-state index contributed by atoms with van der Waals surface area (Å²) in [5.41, 5.74) is 1.31. The van der Waals surface area contributed by atoms with Crippen molar-refractivity contribution in [2.45, 2.75) is 6.36 Å². The lowest BCUT2D eigenvalue weighted by molar-refractivity contribution is -0.274. The third-order valence-electron chi connectivity index (χ3n) is 3.07. The number of pyridine rings is 1. The van der Waals surface area contributed by atoms with Crippen molar-refractivity contribution < 1.29 is 27.1 Å². The number of aromatic nitrogens is 2. The summed E-state index contributed by atoms with van der Waals surface area (Å²) in [6.45, 7) is 0. The Morgan fingerprint density at radius 1 is 1.04 bits per heavy atom. The summed E-state index contributed by atoms with van der Waals surface area (Å²) in [7, 11) is 0. The molecule has 2 heterocycles. The highest BCUT2D eigenvalue weighted by atomic mass is 19.4. The van der Waals surface area contributed by atoms with Crippen LogP contribution in [0.15, 0.2) is 59.5 Å². The van der Waals surface area contributed by atoms with Gasteiger partial charge in [0.05, 0.1) is 6.20 Å². The first-order valence-corrected chi connectivity index (χ1v) is 6.94. The summed E-state index contributed by atoms with van der Waals surface area (Å²) < 4.78 is 45.3. The Morgan fingerprint density at radius 2 is 1.80 bits per heavy atom. The van der Waals surface area contributed by atoms with Gasteiger partial charge in [-0.25, -0.2) is 4.98 Å². The molecule has 0 saturated heterocycles. The number of ether oxygens (including phenoxy) is 1. The van der Waals surface area contributed by atoms with Crippen LogP contribution in [0.5, 0.6) is 5.75 Å². The first kappa shape index (κ1) is 16.5. The Kier molecular flexibility index (Phi) is 4.38. The third kappa shape index (κ3) is 4.34. The molecule has 9 heteroatoms. The molecule has 0 aliphatic carbocycles. The third-order valence-corrected chi connectivity index (χ3v) is 3.07. The predicted molar refractivity (Wildman–Crippen MR) is 80.8 cm³/mol. The monoisotopic (exact) mass is 349 g/mol. The first-order chi connectivity index (χ1) is 11.9. The molecule has 3 rings (SSSR count). The lowest BCUT2D eigenvalue weighted by atomic mass is 10.1. The highest BCUT2D eigenvalue weighted by Gasteiger charge is 2.30. The molecular formula is C16H10F3N3O3. The van der Waals surface area contributed by atoms with Gasteiger partial charge in [-0.05, 0) is 35.4 Å². The molecule has 0 aliphatic rings. The molecule has 6 nitrogen and oxygen atoms in total. The van der Waals surface area contributed by atoms with Crippen LogP contribution in [0.25, 0.3) is 11.1 Å². The second kappa shape index (κ2) is 6.63. The molecule has 0 atom stereocenters. The zero-order valence-electron chi connectivity index (χ0n) is 12.4. The molecule has 0 fully saturated rings. The number of halogens is 3. The topological polar surface area (TPSA) is 77.2 Å². The van der Waals surface area contributed by atoms with Gasteiger partial charge in [0, 0.05) is 6.20 Å². The average molecular weight is 349 g/mol. The largest absolute Gasteiger partial charge is 0.573 e. The number of nitrogens with one attached hydrogen (secondary N) is 1. The van der Waals surface area contributed by atoms with E-state index in [4.69, 9.17) is 4.42 Å². The zero-order valence-corrected chi connectivity index (χ0v) is 12.4. The van der Waals surface area contributed by atoms with Crippen LogP contribution >= 0.6 is 0 Å². The van der Waals surface area contributed by atoms with Crippen molar-refractivity contribution in [2.24, 2.45) is 0 Å². The fourth-order valence-electron chi connectivity index (χ4n) is 2.03. The van der Waals surface area contributed by atoms with Crippen molar-refractivity contribution in [2.75, 3.05) is 5.32 Å². The summed E-state index contributed by atoms with van der Waals surface area (Å²) in [6.07, 6.45) is -0.642. The molecule has 25 heavy (non-hydrogen) atoms. The van der Waals surface area contributed by atoms with Crippen LogP contribution in [-0.4, -0.2) is 22.2 Å². The summed E-state index contributed by atoms with van der Waals surface area (Å²) in [5.74, 6) is -0.853. The Hall–Kier alpha value is -3.36. The summed E-state index contributed by atoms with van der Waals surface area (Å²) in [6, 6.07) is 8.44. The molecule has 0 unspecified atom stereocenters. The molecule has 1 amide bonds. The van der Waals surface area contributed by atoms with E-state index in [1.165, 1.54) is 49.0 Å². The van der Waals surface area contributed by atoms with E-state index in [0.717, 1.165) is 0 Å². The number of hydrogen-bond acceptors (Lipinski definition) is 5. The van der Waals surface area contributed by atoms with Gasteiger partial charge in [0.15, 0.2) is 0 Å². The van der Waals surface area contributed by atoms with E-state index in [0.29, 0.717) is 11.1 Å². The number of amides is 1. The lowest BCUT2D eigenvalue weighted by Crippen LogP contribution is -2.16. The number of oxazole rings is 1. The van der Waals surface area contributed by atoms with Crippen molar-refractivity contribution in [3.05, 3.63) is 60.7 Å². The highest BCUT2D eigenvalue weighted by Crippen LogP contribution is 2.26. The van der Waals surface area contributed by atoms with Gasteiger partial charge in [0.2, 0.25) is 0 Å². The van der Waals surface area contributed by atoms with Gasteiger partial charge in [-0.15, -0.1) is 13.2 Å². The van der Waals surface area contributed by atoms with Gasteiger partial charge in [-0.3, -0.25) is 15.1 Å². The summed E-state index contributed by atoms with van der Waals surface area (Å²) >= 11 is 0. The van der Waals surface area contributed by atoms with Crippen LogP contribution < -0.4 is 10.1 Å². The van der Waals surface area contributed by atoms with E-state index < -0.39 is 12.3 Å². The molecule has 0 radical (unpaired) electrons. The molecule has 1 aromatic carbocycles. The summed E-state index contributed by atoms with van der Waals surface area (Å²) in [4.78, 5) is 19.8. The van der Waals surface area contributed by atoms with E-state index >= 15 is 0 Å². The van der Waals surface area contributed by atoms with Crippen LogP contribution in [0.2, 0.25) is 0 Å². The molecule has 1 N–H and O–H groups in total. The molecule has 128 valence electrons. The molecular weight excluding hydrogens is 339 g/mol. The van der Waals surface area contributed by atoms with Crippen molar-refractivity contribution in [1.82, 2.24) is 9.97 Å². The van der Waals surface area contributed by atoms with Gasteiger partial charge < -0.3 is 9.15 Å². The lowest BCUT2D eigenvalue weighted by Gasteiger charge is -2.09. The Labute approximate surface area is 139 Å². The minimum atomic E-state index is -4.75. The van der Waals surface area contributed by atoms with Gasteiger partial charge in [0.1, 0.15) is 17.7 Å². The van der Waals surface area contributed by atoms with E-state index in [2.05, 4.69) is 20.0 Å². The van der Waals surface area contributed by atoms with E-state index in [-0.39, 0.29) is 17.5 Å². The SMILES string of the molecule is O=C(Nc1ncco1)c1cc(-c2ccc(OC(F)(F)F)cc2)ccn1. The van der Waals surface area contributed by atoms with Gasteiger partial charge >= 0.3 is 12.4 Å². The Balaban J connectivity index is 1.78. The summed E-state index contributed by atoms with van der Waals surface area (Å²) in [5, 5.41) is 2.43. The van der Waals surface area contributed by atoms with Crippen molar-refractivity contribution in [3.8, 4) is 16.9 Å². The zero-order chi connectivity index (χ0) is 17.9. The number of hydrogen-bond donors (Lipinski definition) is 1.